The zero-order valence-corrected chi connectivity index (χ0v) is 15.1. The largest absolute Gasteiger partial charge is 0.507 e. The van der Waals surface area contributed by atoms with Crippen LogP contribution in [0.2, 0.25) is 0 Å². The van der Waals surface area contributed by atoms with E-state index in [-0.39, 0.29) is 17.4 Å². The Morgan fingerprint density at radius 2 is 2.12 bits per heavy atom. The first-order valence-corrected chi connectivity index (χ1v) is 8.38. The quantitative estimate of drug-likeness (QED) is 0.576. The van der Waals surface area contributed by atoms with Gasteiger partial charge in [0.25, 0.3) is 5.91 Å². The number of nitrogens with zero attached hydrogens (tertiary/aromatic N) is 1. The van der Waals surface area contributed by atoms with Crippen LogP contribution in [0.5, 0.6) is 11.5 Å². The molecule has 5 nitrogen and oxygen atoms in total. The third-order valence-electron chi connectivity index (χ3n) is 3.40. The molecule has 0 heterocycles. The van der Waals surface area contributed by atoms with Gasteiger partial charge in [0, 0.05) is 10.0 Å². The molecule has 0 aliphatic rings. The molecule has 6 heteroatoms. The standard InChI is InChI=1S/C18H19BrN2O3/c1-3-12(2)24-17-7-5-4-6-13(17)11-20-21-18(23)15-10-14(19)8-9-16(15)22/h4-12,22H,3H2,1-2H3,(H,21,23)/b20-11+/t12-/m1/s1. The number of halogens is 1. The Bertz CT molecular complexity index is 747. The summed E-state index contributed by atoms with van der Waals surface area (Å²) in [5.74, 6) is 0.104. The van der Waals surface area contributed by atoms with E-state index in [1.807, 2.05) is 38.1 Å². The van der Waals surface area contributed by atoms with E-state index in [0.29, 0.717) is 10.2 Å². The summed E-state index contributed by atoms with van der Waals surface area (Å²) in [5, 5.41) is 13.7. The summed E-state index contributed by atoms with van der Waals surface area (Å²) in [4.78, 5) is 12.1. The molecule has 0 aliphatic carbocycles. The number of rotatable bonds is 6. The molecule has 1 amide bonds. The first-order chi connectivity index (χ1) is 11.5. The van der Waals surface area contributed by atoms with Crippen LogP contribution in [-0.2, 0) is 0 Å². The van der Waals surface area contributed by atoms with E-state index < -0.39 is 5.91 Å². The van der Waals surface area contributed by atoms with Crippen molar-refractivity contribution in [3.8, 4) is 11.5 Å². The van der Waals surface area contributed by atoms with E-state index in [4.69, 9.17) is 4.74 Å². The van der Waals surface area contributed by atoms with Crippen molar-refractivity contribution in [1.29, 1.82) is 0 Å². The van der Waals surface area contributed by atoms with Crippen LogP contribution in [-0.4, -0.2) is 23.3 Å². The zero-order valence-electron chi connectivity index (χ0n) is 13.5. The van der Waals surface area contributed by atoms with Crippen molar-refractivity contribution >= 4 is 28.1 Å². The van der Waals surface area contributed by atoms with Crippen LogP contribution in [0.25, 0.3) is 0 Å². The first-order valence-electron chi connectivity index (χ1n) is 7.59. The van der Waals surface area contributed by atoms with Gasteiger partial charge in [0.2, 0.25) is 0 Å². The van der Waals surface area contributed by atoms with Crippen LogP contribution < -0.4 is 10.2 Å². The normalized spacial score (nSPS) is 12.1. The van der Waals surface area contributed by atoms with Crippen molar-refractivity contribution in [3.05, 3.63) is 58.1 Å². The number of phenolic OH excluding ortho intramolecular Hbond substituents is 1. The maximum absolute atomic E-state index is 12.1. The van der Waals surface area contributed by atoms with Crippen LogP contribution in [0.4, 0.5) is 0 Å². The number of phenols is 1. The van der Waals surface area contributed by atoms with Gasteiger partial charge in [-0.05, 0) is 43.7 Å². The highest BCUT2D eigenvalue weighted by Gasteiger charge is 2.11. The van der Waals surface area contributed by atoms with E-state index in [9.17, 15) is 9.90 Å². The summed E-state index contributed by atoms with van der Waals surface area (Å²) < 4.78 is 6.52. The van der Waals surface area contributed by atoms with Gasteiger partial charge in [-0.2, -0.15) is 5.10 Å². The predicted molar refractivity (Wildman–Crippen MR) is 97.7 cm³/mol. The molecule has 0 bridgehead atoms. The molecule has 0 unspecified atom stereocenters. The maximum Gasteiger partial charge on any atom is 0.275 e. The van der Waals surface area contributed by atoms with Crippen molar-refractivity contribution in [3.63, 3.8) is 0 Å². The predicted octanol–water partition coefficient (Wildman–Crippen LogP) is 4.10. The lowest BCUT2D eigenvalue weighted by Crippen LogP contribution is -2.18. The minimum Gasteiger partial charge on any atom is -0.507 e. The molecule has 2 N–H and O–H groups in total. The molecular formula is C18H19BrN2O3. The highest BCUT2D eigenvalue weighted by Crippen LogP contribution is 2.22. The number of hydrazone groups is 1. The average molecular weight is 391 g/mol. The second-order valence-electron chi connectivity index (χ2n) is 5.24. The van der Waals surface area contributed by atoms with Crippen LogP contribution in [0.15, 0.2) is 52.0 Å². The fourth-order valence-electron chi connectivity index (χ4n) is 1.91. The number of benzene rings is 2. The summed E-state index contributed by atoms with van der Waals surface area (Å²) in [7, 11) is 0. The minimum atomic E-state index is -0.495. The molecule has 0 saturated heterocycles. The highest BCUT2D eigenvalue weighted by atomic mass is 79.9. The van der Waals surface area contributed by atoms with E-state index in [1.54, 1.807) is 6.07 Å². The number of ether oxygens (including phenoxy) is 1. The van der Waals surface area contributed by atoms with Gasteiger partial charge >= 0.3 is 0 Å². The van der Waals surface area contributed by atoms with Gasteiger partial charge in [0.1, 0.15) is 11.5 Å². The molecule has 0 spiro atoms. The molecule has 0 aromatic heterocycles. The number of para-hydroxylation sites is 1. The van der Waals surface area contributed by atoms with Crippen LogP contribution in [0.3, 0.4) is 0 Å². The smallest absolute Gasteiger partial charge is 0.275 e. The van der Waals surface area contributed by atoms with Gasteiger partial charge in [0.05, 0.1) is 17.9 Å². The Labute approximate surface area is 149 Å². The summed E-state index contributed by atoms with van der Waals surface area (Å²) in [6, 6.07) is 12.1. The number of carbonyl (C=O) groups is 1. The Balaban J connectivity index is 2.09. The number of carbonyl (C=O) groups excluding carboxylic acids is 1. The molecule has 0 radical (unpaired) electrons. The highest BCUT2D eigenvalue weighted by molar-refractivity contribution is 9.10. The number of nitrogens with one attached hydrogen (secondary N) is 1. The molecule has 24 heavy (non-hydrogen) atoms. The lowest BCUT2D eigenvalue weighted by Gasteiger charge is -2.14. The van der Waals surface area contributed by atoms with Crippen LogP contribution >= 0.6 is 15.9 Å². The average Bonchev–Trinajstić information content (AvgIpc) is 2.58. The van der Waals surface area contributed by atoms with Crippen LogP contribution in [0, 0.1) is 0 Å². The summed E-state index contributed by atoms with van der Waals surface area (Å²) in [6.45, 7) is 4.04. The number of aromatic hydroxyl groups is 1. The second-order valence-corrected chi connectivity index (χ2v) is 6.15. The van der Waals surface area contributed by atoms with Gasteiger partial charge in [-0.15, -0.1) is 0 Å². The van der Waals surface area contributed by atoms with Gasteiger partial charge in [-0.25, -0.2) is 5.43 Å². The number of amides is 1. The Kier molecular flexibility index (Phi) is 6.37. The maximum atomic E-state index is 12.1. The molecule has 2 rings (SSSR count). The van der Waals surface area contributed by atoms with E-state index in [0.717, 1.165) is 12.0 Å². The summed E-state index contributed by atoms with van der Waals surface area (Å²) in [6.07, 6.45) is 2.50. The van der Waals surface area contributed by atoms with E-state index in [1.165, 1.54) is 18.3 Å². The zero-order chi connectivity index (χ0) is 17.5. The molecule has 0 fully saturated rings. The SMILES string of the molecule is CC[C@@H](C)Oc1ccccc1/C=N/NC(=O)c1cc(Br)ccc1O. The lowest BCUT2D eigenvalue weighted by molar-refractivity contribution is 0.0952. The van der Waals surface area contributed by atoms with Gasteiger partial charge in [-0.1, -0.05) is 35.0 Å². The molecule has 1 atom stereocenters. The second kappa shape index (κ2) is 8.49. The number of hydrogen-bond donors (Lipinski definition) is 2. The van der Waals surface area contributed by atoms with Crippen molar-refractivity contribution in [2.75, 3.05) is 0 Å². The van der Waals surface area contributed by atoms with E-state index >= 15 is 0 Å². The molecule has 2 aromatic carbocycles. The topological polar surface area (TPSA) is 70.9 Å². The lowest BCUT2D eigenvalue weighted by atomic mass is 10.2. The number of hydrogen-bond acceptors (Lipinski definition) is 4. The molecule has 0 saturated carbocycles. The molecule has 2 aromatic rings. The van der Waals surface area contributed by atoms with E-state index in [2.05, 4.69) is 26.5 Å². The third-order valence-corrected chi connectivity index (χ3v) is 3.89. The van der Waals surface area contributed by atoms with Crippen molar-refractivity contribution in [2.45, 2.75) is 26.4 Å². The molecular weight excluding hydrogens is 372 g/mol. The van der Waals surface area contributed by atoms with Gasteiger partial charge in [-0.3, -0.25) is 4.79 Å². The monoisotopic (exact) mass is 390 g/mol. The Morgan fingerprint density at radius 1 is 1.38 bits per heavy atom. The Hall–Kier alpha value is -2.34. The Morgan fingerprint density at radius 3 is 2.88 bits per heavy atom. The fraction of sp³-hybridized carbons (Fsp3) is 0.222. The summed E-state index contributed by atoms with van der Waals surface area (Å²) in [5.41, 5.74) is 3.31. The van der Waals surface area contributed by atoms with Gasteiger partial charge in [0.15, 0.2) is 0 Å². The third kappa shape index (κ3) is 4.83. The van der Waals surface area contributed by atoms with Crippen LogP contribution in [0.1, 0.15) is 36.2 Å². The molecule has 0 aliphatic heterocycles. The van der Waals surface area contributed by atoms with Crippen molar-refractivity contribution < 1.29 is 14.6 Å². The fourth-order valence-corrected chi connectivity index (χ4v) is 2.27. The molecule has 126 valence electrons. The van der Waals surface area contributed by atoms with Crippen molar-refractivity contribution in [1.82, 2.24) is 5.43 Å². The summed E-state index contributed by atoms with van der Waals surface area (Å²) >= 11 is 3.26. The van der Waals surface area contributed by atoms with Gasteiger partial charge < -0.3 is 9.84 Å². The first kappa shape index (κ1) is 18.0. The minimum absolute atomic E-state index is 0.0905. The van der Waals surface area contributed by atoms with Crippen molar-refractivity contribution in [2.24, 2.45) is 5.10 Å².